The lowest BCUT2D eigenvalue weighted by atomic mass is 10.9. The lowest BCUT2D eigenvalue weighted by molar-refractivity contribution is 0.0730. The maximum Gasteiger partial charge on any atom is 0.501 e. The molecule has 0 aromatic carbocycles. The summed E-state index contributed by atoms with van der Waals surface area (Å²) in [6.45, 7) is 7.95. The van der Waals surface area contributed by atoms with Crippen molar-refractivity contribution in [1.82, 2.24) is 0 Å². The van der Waals surface area contributed by atoms with Crippen LogP contribution in [0.1, 0.15) is 20.8 Å². The summed E-state index contributed by atoms with van der Waals surface area (Å²) in [5.74, 6) is 0. The van der Waals surface area contributed by atoms with Crippen LogP contribution in [-0.2, 0) is 13.3 Å². The summed E-state index contributed by atoms with van der Waals surface area (Å²) in [6.07, 6.45) is 0. The first-order valence-electron chi connectivity index (χ1n) is 4.72. The predicted molar refractivity (Wildman–Crippen MR) is 64.3 cm³/mol. The summed E-state index contributed by atoms with van der Waals surface area (Å²) in [5, 5.41) is 0. The van der Waals surface area contributed by atoms with Crippen LogP contribution < -0.4 is 0 Å². The Bertz CT molecular complexity index is 94.4. The Labute approximate surface area is 95.6 Å². The van der Waals surface area contributed by atoms with Gasteiger partial charge in [0.25, 0.3) is 0 Å². The summed E-state index contributed by atoms with van der Waals surface area (Å²) < 4.78 is 17.9. The molecule has 0 aromatic heterocycles. The van der Waals surface area contributed by atoms with Gasteiger partial charge >= 0.3 is 8.80 Å². The van der Waals surface area contributed by atoms with Crippen LogP contribution in [0.4, 0.5) is 0 Å². The summed E-state index contributed by atoms with van der Waals surface area (Å²) in [5.41, 5.74) is 0. The zero-order valence-corrected chi connectivity index (χ0v) is 11.8. The molecule has 3 nitrogen and oxygen atoms in total. The van der Waals surface area contributed by atoms with Crippen LogP contribution in [0.25, 0.3) is 0 Å². The number of halogens is 1. The molecule has 0 aliphatic rings. The standard InChI is InChI=1S/C8H19IO3Si/c1-4-10-13(8-7-9,11-5-2)12-6-3/h4-8H2,1-3H3. The maximum atomic E-state index is 5.64. The molecule has 0 rings (SSSR count). The molecule has 0 saturated heterocycles. The molecule has 0 amide bonds. The molecule has 80 valence electrons. The number of hydrogen-bond acceptors (Lipinski definition) is 3. The normalized spacial score (nSPS) is 12.0. The number of hydrogen-bond donors (Lipinski definition) is 0. The van der Waals surface area contributed by atoms with E-state index in [1.165, 1.54) is 0 Å². The second kappa shape index (κ2) is 8.16. The lowest BCUT2D eigenvalue weighted by Gasteiger charge is -2.27. The lowest BCUT2D eigenvalue weighted by Crippen LogP contribution is -2.46. The van der Waals surface area contributed by atoms with Gasteiger partial charge in [0, 0.05) is 30.3 Å². The van der Waals surface area contributed by atoms with E-state index >= 15 is 0 Å². The van der Waals surface area contributed by atoms with Crippen molar-refractivity contribution < 1.29 is 13.3 Å². The maximum absolute atomic E-state index is 5.64. The highest BCUT2D eigenvalue weighted by Gasteiger charge is 2.39. The Hall–Kier alpha value is 0.827. The minimum Gasteiger partial charge on any atom is -0.374 e. The van der Waals surface area contributed by atoms with Gasteiger partial charge in [0.05, 0.1) is 0 Å². The second-order valence-electron chi connectivity index (χ2n) is 2.42. The molecule has 0 spiro atoms. The molecule has 0 fully saturated rings. The summed E-state index contributed by atoms with van der Waals surface area (Å²) >= 11 is 2.33. The highest BCUT2D eigenvalue weighted by atomic mass is 127. The number of rotatable bonds is 8. The molecule has 0 bridgehead atoms. The second-order valence-corrected chi connectivity index (χ2v) is 6.23. The van der Waals surface area contributed by atoms with Gasteiger partial charge in [0.2, 0.25) is 0 Å². The zero-order valence-electron chi connectivity index (χ0n) is 8.64. The van der Waals surface area contributed by atoms with E-state index in [1.807, 2.05) is 20.8 Å². The molecule has 0 aliphatic carbocycles. The van der Waals surface area contributed by atoms with Gasteiger partial charge in [-0.1, -0.05) is 22.6 Å². The molecule has 0 aliphatic heterocycles. The third-order valence-electron chi connectivity index (χ3n) is 1.49. The van der Waals surface area contributed by atoms with Gasteiger partial charge in [-0.3, -0.25) is 0 Å². The van der Waals surface area contributed by atoms with E-state index < -0.39 is 8.80 Å². The smallest absolute Gasteiger partial charge is 0.374 e. The van der Waals surface area contributed by atoms with E-state index in [0.29, 0.717) is 19.8 Å². The summed E-state index contributed by atoms with van der Waals surface area (Å²) in [6, 6.07) is 0.906. The highest BCUT2D eigenvalue weighted by molar-refractivity contribution is 14.1. The van der Waals surface area contributed by atoms with Crippen LogP contribution in [-0.4, -0.2) is 33.1 Å². The first-order valence-corrected chi connectivity index (χ1v) is 8.18. The number of alkyl halides is 1. The minimum atomic E-state index is -2.30. The van der Waals surface area contributed by atoms with Crippen LogP contribution in [0.5, 0.6) is 0 Å². The van der Waals surface area contributed by atoms with Crippen molar-refractivity contribution in [2.45, 2.75) is 26.8 Å². The molecule has 0 radical (unpaired) electrons. The third kappa shape index (κ3) is 5.31. The fourth-order valence-electron chi connectivity index (χ4n) is 1.12. The quantitative estimate of drug-likeness (QED) is 0.391. The van der Waals surface area contributed by atoms with Gasteiger partial charge in [-0.05, 0) is 20.8 Å². The topological polar surface area (TPSA) is 27.7 Å². The molecule has 0 atom stereocenters. The molecule has 0 saturated carbocycles. The average molecular weight is 318 g/mol. The van der Waals surface area contributed by atoms with E-state index in [1.54, 1.807) is 0 Å². The van der Waals surface area contributed by atoms with Crippen molar-refractivity contribution in [3.05, 3.63) is 0 Å². The van der Waals surface area contributed by atoms with Crippen LogP contribution in [0, 0.1) is 0 Å². The van der Waals surface area contributed by atoms with Crippen LogP contribution in [0.2, 0.25) is 6.04 Å². The predicted octanol–water partition coefficient (Wildman–Crippen LogP) is 2.47. The SMILES string of the molecule is CCO[Si](CCI)(OCC)OCC. The van der Waals surface area contributed by atoms with Crippen molar-refractivity contribution >= 4 is 31.4 Å². The van der Waals surface area contributed by atoms with E-state index in [2.05, 4.69) is 22.6 Å². The van der Waals surface area contributed by atoms with Crippen molar-refractivity contribution in [3.8, 4) is 0 Å². The Morgan fingerprint density at radius 1 is 0.923 bits per heavy atom. The van der Waals surface area contributed by atoms with E-state index in [4.69, 9.17) is 13.3 Å². The molecular formula is C8H19IO3Si. The first kappa shape index (κ1) is 13.8. The van der Waals surface area contributed by atoms with Crippen molar-refractivity contribution in [2.75, 3.05) is 24.2 Å². The molecule has 0 unspecified atom stereocenters. The van der Waals surface area contributed by atoms with Gasteiger partial charge in [-0.15, -0.1) is 0 Å². The molecule has 0 heterocycles. The van der Waals surface area contributed by atoms with Gasteiger partial charge in [0.1, 0.15) is 0 Å². The van der Waals surface area contributed by atoms with Crippen LogP contribution >= 0.6 is 22.6 Å². The van der Waals surface area contributed by atoms with E-state index in [-0.39, 0.29) is 0 Å². The molecule has 5 heteroatoms. The summed E-state index contributed by atoms with van der Waals surface area (Å²) in [7, 11) is -2.30. The Morgan fingerprint density at radius 3 is 1.54 bits per heavy atom. The monoisotopic (exact) mass is 318 g/mol. The first-order chi connectivity index (χ1) is 6.24. The average Bonchev–Trinajstić information content (AvgIpc) is 2.06. The van der Waals surface area contributed by atoms with Crippen molar-refractivity contribution in [3.63, 3.8) is 0 Å². The van der Waals surface area contributed by atoms with E-state index in [0.717, 1.165) is 10.5 Å². The minimum absolute atomic E-state index is 0.670. The van der Waals surface area contributed by atoms with Gasteiger partial charge in [-0.25, -0.2) is 0 Å². The summed E-state index contributed by atoms with van der Waals surface area (Å²) in [4.78, 5) is 0. The Morgan fingerprint density at radius 2 is 1.31 bits per heavy atom. The van der Waals surface area contributed by atoms with Gasteiger partial charge in [-0.2, -0.15) is 0 Å². The molecular weight excluding hydrogens is 299 g/mol. The van der Waals surface area contributed by atoms with E-state index in [9.17, 15) is 0 Å². The zero-order chi connectivity index (χ0) is 10.2. The fraction of sp³-hybridized carbons (Fsp3) is 1.00. The fourth-order valence-corrected chi connectivity index (χ4v) is 5.33. The van der Waals surface area contributed by atoms with Crippen LogP contribution in [0.3, 0.4) is 0 Å². The third-order valence-corrected chi connectivity index (χ3v) is 6.10. The van der Waals surface area contributed by atoms with Gasteiger partial charge < -0.3 is 13.3 Å². The Balaban J connectivity index is 4.19. The molecule has 13 heavy (non-hydrogen) atoms. The van der Waals surface area contributed by atoms with Crippen LogP contribution in [0.15, 0.2) is 0 Å². The Kier molecular flexibility index (Phi) is 8.68. The highest BCUT2D eigenvalue weighted by Crippen LogP contribution is 2.16. The largest absolute Gasteiger partial charge is 0.501 e. The van der Waals surface area contributed by atoms with Gasteiger partial charge in [0.15, 0.2) is 0 Å². The molecule has 0 aromatic rings. The van der Waals surface area contributed by atoms with Crippen molar-refractivity contribution in [1.29, 1.82) is 0 Å². The van der Waals surface area contributed by atoms with Crippen molar-refractivity contribution in [2.24, 2.45) is 0 Å². The molecule has 0 N–H and O–H groups in total.